The smallest absolute Gasteiger partial charge is 0.358 e. The van der Waals surface area contributed by atoms with Crippen molar-refractivity contribution in [3.05, 3.63) is 31.0 Å². The Bertz CT molecular complexity index is 425. The Morgan fingerprint density at radius 2 is 2.20 bits per heavy atom. The van der Waals surface area contributed by atoms with Crippen LogP contribution >= 0.6 is 22.6 Å². The molecule has 0 radical (unpaired) electrons. The standard InChI is InChI=1S/C7H3F2IN2O3/c8-6(9)4-1-3(2-13)11-7(5(4)10)12(14)15/h1-2,6H. The third-order valence-corrected chi connectivity index (χ3v) is 2.62. The van der Waals surface area contributed by atoms with Gasteiger partial charge in [-0.05, 0) is 32.5 Å². The molecule has 80 valence electrons. The van der Waals surface area contributed by atoms with Gasteiger partial charge in [0.15, 0.2) is 6.29 Å². The number of hydrogen-bond acceptors (Lipinski definition) is 4. The Hall–Kier alpha value is -1.19. The molecule has 0 atom stereocenters. The number of alkyl halides is 2. The molecule has 0 amide bonds. The van der Waals surface area contributed by atoms with Crippen molar-refractivity contribution in [2.45, 2.75) is 6.43 Å². The van der Waals surface area contributed by atoms with Crippen LogP contribution in [0.15, 0.2) is 6.07 Å². The molecule has 0 N–H and O–H groups in total. The predicted molar refractivity (Wildman–Crippen MR) is 54.0 cm³/mol. The summed E-state index contributed by atoms with van der Waals surface area (Å²) in [6.45, 7) is 0. The number of carbonyl (C=O) groups excluding carboxylic acids is 1. The highest BCUT2D eigenvalue weighted by Gasteiger charge is 2.24. The van der Waals surface area contributed by atoms with Crippen LogP contribution in [0.2, 0.25) is 0 Å². The number of aromatic nitrogens is 1. The summed E-state index contributed by atoms with van der Waals surface area (Å²) in [6, 6.07) is 0.840. The molecule has 0 spiro atoms. The van der Waals surface area contributed by atoms with Gasteiger partial charge in [-0.3, -0.25) is 4.79 Å². The number of carbonyl (C=O) groups is 1. The van der Waals surface area contributed by atoms with E-state index >= 15 is 0 Å². The highest BCUT2D eigenvalue weighted by Crippen LogP contribution is 2.30. The second kappa shape index (κ2) is 4.55. The molecule has 0 aliphatic heterocycles. The lowest BCUT2D eigenvalue weighted by molar-refractivity contribution is -0.390. The molecule has 0 fully saturated rings. The molecule has 1 aromatic heterocycles. The van der Waals surface area contributed by atoms with E-state index in [0.717, 1.165) is 6.07 Å². The molecule has 1 heterocycles. The second-order valence-corrected chi connectivity index (χ2v) is 3.53. The minimum Gasteiger partial charge on any atom is -0.358 e. The summed E-state index contributed by atoms with van der Waals surface area (Å²) in [4.78, 5) is 23.2. The van der Waals surface area contributed by atoms with Crippen LogP contribution in [0, 0.1) is 13.7 Å². The van der Waals surface area contributed by atoms with E-state index in [2.05, 4.69) is 4.98 Å². The van der Waals surface area contributed by atoms with Crippen molar-refractivity contribution in [3.8, 4) is 0 Å². The monoisotopic (exact) mass is 328 g/mol. The average Bonchev–Trinajstić information content (AvgIpc) is 2.17. The molecule has 8 heteroatoms. The topological polar surface area (TPSA) is 73.1 Å². The van der Waals surface area contributed by atoms with Gasteiger partial charge in [0.1, 0.15) is 3.57 Å². The van der Waals surface area contributed by atoms with E-state index in [-0.39, 0.29) is 15.6 Å². The highest BCUT2D eigenvalue weighted by atomic mass is 127. The molecule has 5 nitrogen and oxygen atoms in total. The maximum Gasteiger partial charge on any atom is 0.378 e. The molecular formula is C7H3F2IN2O3. The van der Waals surface area contributed by atoms with Crippen molar-refractivity contribution in [1.82, 2.24) is 4.98 Å². The van der Waals surface area contributed by atoms with Crippen LogP contribution in [0.25, 0.3) is 0 Å². The van der Waals surface area contributed by atoms with Gasteiger partial charge in [-0.25, -0.2) is 8.78 Å². The van der Waals surface area contributed by atoms with Crippen LogP contribution in [0.1, 0.15) is 22.5 Å². The molecule has 0 saturated heterocycles. The molecular weight excluding hydrogens is 325 g/mol. The SMILES string of the molecule is O=Cc1cc(C(F)F)c(I)c([N+](=O)[O-])n1. The Morgan fingerprint density at radius 1 is 1.60 bits per heavy atom. The van der Waals surface area contributed by atoms with E-state index in [4.69, 9.17) is 0 Å². The average molecular weight is 328 g/mol. The van der Waals surface area contributed by atoms with Gasteiger partial charge in [0.25, 0.3) is 6.43 Å². The van der Waals surface area contributed by atoms with E-state index in [9.17, 15) is 23.7 Å². The van der Waals surface area contributed by atoms with Gasteiger partial charge in [0.05, 0.1) is 0 Å². The fourth-order valence-corrected chi connectivity index (χ4v) is 1.60. The summed E-state index contributed by atoms with van der Waals surface area (Å²) in [7, 11) is 0. The molecule has 0 bridgehead atoms. The number of hydrogen-bond donors (Lipinski definition) is 0. The fourth-order valence-electron chi connectivity index (χ4n) is 0.896. The van der Waals surface area contributed by atoms with Gasteiger partial charge in [-0.15, -0.1) is 0 Å². The molecule has 0 unspecified atom stereocenters. The lowest BCUT2D eigenvalue weighted by Crippen LogP contribution is -2.03. The van der Waals surface area contributed by atoms with Crippen LogP contribution in [-0.2, 0) is 0 Å². The molecule has 15 heavy (non-hydrogen) atoms. The van der Waals surface area contributed by atoms with Crippen molar-refractivity contribution >= 4 is 34.7 Å². The minimum atomic E-state index is -2.88. The highest BCUT2D eigenvalue weighted by molar-refractivity contribution is 14.1. The Morgan fingerprint density at radius 3 is 2.60 bits per heavy atom. The van der Waals surface area contributed by atoms with Crippen LogP contribution < -0.4 is 0 Å². The zero-order valence-electron chi connectivity index (χ0n) is 6.99. The van der Waals surface area contributed by atoms with Crippen molar-refractivity contribution < 1.29 is 18.5 Å². The fraction of sp³-hybridized carbons (Fsp3) is 0.143. The largest absolute Gasteiger partial charge is 0.378 e. The van der Waals surface area contributed by atoms with Crippen LogP contribution in [0.5, 0.6) is 0 Å². The van der Waals surface area contributed by atoms with Crippen molar-refractivity contribution in [2.75, 3.05) is 0 Å². The summed E-state index contributed by atoms with van der Waals surface area (Å²) >= 11 is 1.40. The Kier molecular flexibility index (Phi) is 3.61. The maximum absolute atomic E-state index is 12.4. The van der Waals surface area contributed by atoms with Gasteiger partial charge in [0.2, 0.25) is 5.69 Å². The predicted octanol–water partition coefficient (Wildman–Crippen LogP) is 2.34. The first-order chi connectivity index (χ1) is 6.97. The number of aldehydes is 1. The summed E-state index contributed by atoms with van der Waals surface area (Å²) in [5.41, 5.74) is -0.934. The van der Waals surface area contributed by atoms with Crippen LogP contribution in [-0.4, -0.2) is 16.2 Å². The maximum atomic E-state index is 12.4. The first kappa shape index (κ1) is 11.9. The van der Waals surface area contributed by atoms with Crippen molar-refractivity contribution in [2.24, 2.45) is 0 Å². The molecule has 0 aliphatic carbocycles. The quantitative estimate of drug-likeness (QED) is 0.369. The molecule has 1 aromatic rings. The molecule has 0 saturated carbocycles. The zero-order chi connectivity index (χ0) is 11.6. The summed E-state index contributed by atoms with van der Waals surface area (Å²) in [5, 5.41) is 10.4. The van der Waals surface area contributed by atoms with Gasteiger partial charge < -0.3 is 10.1 Å². The van der Waals surface area contributed by atoms with Crippen molar-refractivity contribution in [1.29, 1.82) is 0 Å². The van der Waals surface area contributed by atoms with Gasteiger partial charge in [-0.1, -0.05) is 0 Å². The lowest BCUT2D eigenvalue weighted by atomic mass is 10.2. The van der Waals surface area contributed by atoms with E-state index in [1.807, 2.05) is 0 Å². The molecule has 0 aliphatic rings. The van der Waals surface area contributed by atoms with Gasteiger partial charge >= 0.3 is 5.82 Å². The normalized spacial score (nSPS) is 10.4. The van der Waals surface area contributed by atoms with Crippen molar-refractivity contribution in [3.63, 3.8) is 0 Å². The third-order valence-electron chi connectivity index (χ3n) is 1.52. The summed E-state index contributed by atoms with van der Waals surface area (Å²) in [5.74, 6) is -0.726. The number of rotatable bonds is 3. The van der Waals surface area contributed by atoms with E-state index < -0.39 is 22.7 Å². The molecule has 0 aromatic carbocycles. The Balaban J connectivity index is 3.46. The summed E-state index contributed by atoms with van der Waals surface area (Å²) < 4.78 is 24.6. The zero-order valence-corrected chi connectivity index (χ0v) is 9.14. The minimum absolute atomic E-state index is 0.189. The summed E-state index contributed by atoms with van der Waals surface area (Å²) in [6.07, 6.45) is -2.69. The van der Waals surface area contributed by atoms with Gasteiger partial charge in [-0.2, -0.15) is 0 Å². The lowest BCUT2D eigenvalue weighted by Gasteiger charge is -2.02. The second-order valence-electron chi connectivity index (χ2n) is 2.45. The van der Waals surface area contributed by atoms with Gasteiger partial charge in [0, 0.05) is 11.6 Å². The Labute approximate surface area is 95.8 Å². The number of nitrogens with zero attached hydrogens (tertiary/aromatic N) is 2. The first-order valence-electron chi connectivity index (χ1n) is 3.55. The van der Waals surface area contributed by atoms with E-state index in [0.29, 0.717) is 0 Å². The van der Waals surface area contributed by atoms with Crippen LogP contribution in [0.3, 0.4) is 0 Å². The van der Waals surface area contributed by atoms with Crippen LogP contribution in [0.4, 0.5) is 14.6 Å². The van der Waals surface area contributed by atoms with E-state index in [1.54, 1.807) is 0 Å². The number of nitro groups is 1. The first-order valence-corrected chi connectivity index (χ1v) is 4.63. The van der Waals surface area contributed by atoms with E-state index in [1.165, 1.54) is 22.6 Å². The number of halogens is 3. The third kappa shape index (κ3) is 2.43. The molecule has 1 rings (SSSR count). The number of pyridine rings is 1.